The van der Waals surface area contributed by atoms with Crippen molar-refractivity contribution < 1.29 is 0 Å². The molecule has 0 bridgehead atoms. The number of nitrogens with one attached hydrogen (secondary N) is 1. The van der Waals surface area contributed by atoms with E-state index in [1.807, 2.05) is 0 Å². The summed E-state index contributed by atoms with van der Waals surface area (Å²) in [6, 6.07) is 8.86. The Balaban J connectivity index is 1.56. The Morgan fingerprint density at radius 3 is 2.71 bits per heavy atom. The smallest absolute Gasteiger partial charge is 0.0385 e. The molecular formula is C18H29N3. The highest BCUT2D eigenvalue weighted by Crippen LogP contribution is 2.21. The Hall–Kier alpha value is -1.06. The standard InChI is InChI=1S/C18H29N3/c1-20-10-6-7-16(14-20)13-19-18-9-3-2-8-17(18)15-21-11-4-5-12-21/h2-3,8-9,16,19H,4-7,10-15H2,1H3. The quantitative estimate of drug-likeness (QED) is 0.898. The van der Waals surface area contributed by atoms with E-state index in [-0.39, 0.29) is 0 Å². The first-order valence-corrected chi connectivity index (χ1v) is 8.54. The number of hydrogen-bond donors (Lipinski definition) is 1. The number of nitrogens with zero attached hydrogens (tertiary/aromatic N) is 2. The van der Waals surface area contributed by atoms with Crippen molar-refractivity contribution in [3.8, 4) is 0 Å². The predicted octanol–water partition coefficient (Wildman–Crippen LogP) is 3.04. The minimum atomic E-state index is 0.795. The lowest BCUT2D eigenvalue weighted by molar-refractivity contribution is 0.217. The van der Waals surface area contributed by atoms with E-state index in [0.717, 1.165) is 19.0 Å². The van der Waals surface area contributed by atoms with Crippen molar-refractivity contribution in [2.45, 2.75) is 32.2 Å². The number of piperidine rings is 1. The van der Waals surface area contributed by atoms with Crippen LogP contribution < -0.4 is 5.32 Å². The topological polar surface area (TPSA) is 18.5 Å². The van der Waals surface area contributed by atoms with Crippen molar-refractivity contribution in [1.29, 1.82) is 0 Å². The van der Waals surface area contributed by atoms with Gasteiger partial charge in [0.15, 0.2) is 0 Å². The molecule has 0 aromatic heterocycles. The van der Waals surface area contributed by atoms with Crippen LogP contribution in [-0.2, 0) is 6.54 Å². The number of rotatable bonds is 5. The molecule has 1 atom stereocenters. The van der Waals surface area contributed by atoms with Gasteiger partial charge in [0.25, 0.3) is 0 Å². The first-order valence-electron chi connectivity index (χ1n) is 8.54. The van der Waals surface area contributed by atoms with Gasteiger partial charge in [0.2, 0.25) is 0 Å². The molecule has 116 valence electrons. The Kier molecular flexibility index (Phi) is 5.15. The lowest BCUT2D eigenvalue weighted by Gasteiger charge is -2.30. The van der Waals surface area contributed by atoms with Gasteiger partial charge in [-0.1, -0.05) is 18.2 Å². The zero-order valence-corrected chi connectivity index (χ0v) is 13.4. The molecule has 0 radical (unpaired) electrons. The zero-order chi connectivity index (χ0) is 14.5. The summed E-state index contributed by atoms with van der Waals surface area (Å²) in [6.07, 6.45) is 5.44. The van der Waals surface area contributed by atoms with E-state index in [0.29, 0.717) is 0 Å². The third kappa shape index (κ3) is 4.21. The number of anilines is 1. The van der Waals surface area contributed by atoms with Gasteiger partial charge in [-0.2, -0.15) is 0 Å². The van der Waals surface area contributed by atoms with E-state index in [1.54, 1.807) is 0 Å². The molecular weight excluding hydrogens is 258 g/mol. The lowest BCUT2D eigenvalue weighted by atomic mass is 9.98. The molecule has 2 aliphatic heterocycles. The predicted molar refractivity (Wildman–Crippen MR) is 89.7 cm³/mol. The Labute approximate surface area is 129 Å². The van der Waals surface area contributed by atoms with E-state index in [1.165, 1.54) is 63.1 Å². The number of hydrogen-bond acceptors (Lipinski definition) is 3. The summed E-state index contributed by atoms with van der Waals surface area (Å²) < 4.78 is 0. The number of para-hydroxylation sites is 1. The Bertz CT molecular complexity index is 440. The fraction of sp³-hybridized carbons (Fsp3) is 0.667. The normalized spacial score (nSPS) is 24.3. The second-order valence-corrected chi connectivity index (χ2v) is 6.79. The van der Waals surface area contributed by atoms with Crippen molar-refractivity contribution in [2.75, 3.05) is 45.1 Å². The summed E-state index contributed by atoms with van der Waals surface area (Å²) in [5, 5.41) is 3.72. The van der Waals surface area contributed by atoms with Gasteiger partial charge in [0.1, 0.15) is 0 Å². The SMILES string of the molecule is CN1CCCC(CNc2ccccc2CN2CCCC2)C1. The molecule has 1 aromatic rings. The van der Waals surface area contributed by atoms with Crippen molar-refractivity contribution in [1.82, 2.24) is 9.80 Å². The summed E-state index contributed by atoms with van der Waals surface area (Å²) in [7, 11) is 2.24. The average Bonchev–Trinajstić information content (AvgIpc) is 2.99. The molecule has 0 amide bonds. The maximum absolute atomic E-state index is 3.72. The highest BCUT2D eigenvalue weighted by molar-refractivity contribution is 5.51. The van der Waals surface area contributed by atoms with Gasteiger partial charge in [0.05, 0.1) is 0 Å². The van der Waals surface area contributed by atoms with Gasteiger partial charge in [-0.3, -0.25) is 4.90 Å². The van der Waals surface area contributed by atoms with Crippen molar-refractivity contribution in [3.63, 3.8) is 0 Å². The molecule has 2 fully saturated rings. The van der Waals surface area contributed by atoms with Crippen LogP contribution in [0.15, 0.2) is 24.3 Å². The van der Waals surface area contributed by atoms with Gasteiger partial charge in [0, 0.05) is 25.3 Å². The van der Waals surface area contributed by atoms with Crippen molar-refractivity contribution >= 4 is 5.69 Å². The van der Waals surface area contributed by atoms with Crippen LogP contribution in [0.25, 0.3) is 0 Å². The van der Waals surface area contributed by atoms with Gasteiger partial charge in [-0.15, -0.1) is 0 Å². The molecule has 2 aliphatic rings. The first kappa shape index (κ1) is 14.9. The maximum Gasteiger partial charge on any atom is 0.0385 e. The van der Waals surface area contributed by atoms with E-state index < -0.39 is 0 Å². The molecule has 0 spiro atoms. The maximum atomic E-state index is 3.72. The Morgan fingerprint density at radius 1 is 1.10 bits per heavy atom. The molecule has 21 heavy (non-hydrogen) atoms. The zero-order valence-electron chi connectivity index (χ0n) is 13.4. The highest BCUT2D eigenvalue weighted by Gasteiger charge is 2.18. The van der Waals surface area contributed by atoms with E-state index >= 15 is 0 Å². The van der Waals surface area contributed by atoms with Crippen LogP contribution in [0.5, 0.6) is 0 Å². The fourth-order valence-corrected chi connectivity index (χ4v) is 3.71. The van der Waals surface area contributed by atoms with Gasteiger partial charge < -0.3 is 10.2 Å². The number of likely N-dealkylation sites (tertiary alicyclic amines) is 2. The highest BCUT2D eigenvalue weighted by atomic mass is 15.1. The van der Waals surface area contributed by atoms with Crippen LogP contribution in [0.1, 0.15) is 31.2 Å². The van der Waals surface area contributed by atoms with E-state index in [2.05, 4.69) is 46.4 Å². The second-order valence-electron chi connectivity index (χ2n) is 6.79. The van der Waals surface area contributed by atoms with Crippen LogP contribution in [0.4, 0.5) is 5.69 Å². The van der Waals surface area contributed by atoms with Crippen LogP contribution in [0, 0.1) is 5.92 Å². The first-order chi connectivity index (χ1) is 10.3. The third-order valence-electron chi connectivity index (χ3n) is 4.91. The van der Waals surface area contributed by atoms with Crippen molar-refractivity contribution in [2.24, 2.45) is 5.92 Å². The molecule has 2 heterocycles. The summed E-state index contributed by atoms with van der Waals surface area (Å²) >= 11 is 0. The minimum absolute atomic E-state index is 0.795. The minimum Gasteiger partial charge on any atom is -0.384 e. The summed E-state index contributed by atoms with van der Waals surface area (Å²) in [5.41, 5.74) is 2.81. The number of benzene rings is 1. The largest absolute Gasteiger partial charge is 0.384 e. The summed E-state index contributed by atoms with van der Waals surface area (Å²) in [6.45, 7) is 7.25. The summed E-state index contributed by atoms with van der Waals surface area (Å²) in [4.78, 5) is 5.04. The molecule has 0 saturated carbocycles. The van der Waals surface area contributed by atoms with E-state index in [9.17, 15) is 0 Å². The molecule has 1 N–H and O–H groups in total. The van der Waals surface area contributed by atoms with Crippen molar-refractivity contribution in [3.05, 3.63) is 29.8 Å². The van der Waals surface area contributed by atoms with E-state index in [4.69, 9.17) is 0 Å². The molecule has 1 aromatic carbocycles. The fourth-order valence-electron chi connectivity index (χ4n) is 3.71. The molecule has 3 heteroatoms. The van der Waals surface area contributed by atoms with Gasteiger partial charge >= 0.3 is 0 Å². The Morgan fingerprint density at radius 2 is 1.90 bits per heavy atom. The summed E-state index contributed by atoms with van der Waals surface area (Å²) in [5.74, 6) is 0.795. The lowest BCUT2D eigenvalue weighted by Crippen LogP contribution is -2.35. The van der Waals surface area contributed by atoms with Crippen LogP contribution >= 0.6 is 0 Å². The molecule has 3 rings (SSSR count). The van der Waals surface area contributed by atoms with Crippen LogP contribution in [0.3, 0.4) is 0 Å². The van der Waals surface area contributed by atoms with Gasteiger partial charge in [-0.05, 0) is 69.9 Å². The average molecular weight is 287 g/mol. The molecule has 1 unspecified atom stereocenters. The third-order valence-corrected chi connectivity index (χ3v) is 4.91. The van der Waals surface area contributed by atoms with Crippen LogP contribution in [0.2, 0.25) is 0 Å². The molecule has 2 saturated heterocycles. The van der Waals surface area contributed by atoms with Crippen LogP contribution in [-0.4, -0.2) is 49.6 Å². The second kappa shape index (κ2) is 7.28. The monoisotopic (exact) mass is 287 g/mol. The molecule has 0 aliphatic carbocycles. The van der Waals surface area contributed by atoms with Gasteiger partial charge in [-0.25, -0.2) is 0 Å². The molecule has 3 nitrogen and oxygen atoms in total.